The van der Waals surface area contributed by atoms with Gasteiger partial charge in [-0.2, -0.15) is 0 Å². The lowest BCUT2D eigenvalue weighted by Crippen LogP contribution is -2.37. The second kappa shape index (κ2) is 9.71. The molecule has 1 fully saturated rings. The van der Waals surface area contributed by atoms with Crippen molar-refractivity contribution in [2.45, 2.75) is 38.8 Å². The van der Waals surface area contributed by atoms with Crippen LogP contribution < -0.4 is 16.0 Å². The van der Waals surface area contributed by atoms with E-state index in [1.807, 2.05) is 73.3 Å². The molecular weight excluding hydrogens is 374 g/mol. The van der Waals surface area contributed by atoms with Crippen molar-refractivity contribution in [3.63, 3.8) is 0 Å². The van der Waals surface area contributed by atoms with Crippen LogP contribution in [0.25, 0.3) is 0 Å². The van der Waals surface area contributed by atoms with Crippen molar-refractivity contribution in [2.24, 2.45) is 11.7 Å². The van der Waals surface area contributed by atoms with Crippen LogP contribution in [0.15, 0.2) is 54.6 Å². The van der Waals surface area contributed by atoms with Gasteiger partial charge >= 0.3 is 0 Å². The summed E-state index contributed by atoms with van der Waals surface area (Å²) in [5, 5.41) is 3.05. The Labute approximate surface area is 172 Å². The summed E-state index contributed by atoms with van der Waals surface area (Å²) < 4.78 is 0. The number of benzene rings is 2. The second-order valence-electron chi connectivity index (χ2n) is 7.20. The number of hydrogen-bond donors (Lipinski definition) is 2. The maximum absolute atomic E-state index is 12.7. The van der Waals surface area contributed by atoms with Gasteiger partial charge in [0.25, 0.3) is 0 Å². The molecule has 6 heteroatoms. The Morgan fingerprint density at radius 3 is 2.39 bits per heavy atom. The van der Waals surface area contributed by atoms with E-state index < -0.39 is 0 Å². The first-order valence-electron chi connectivity index (χ1n) is 9.48. The highest BCUT2D eigenvalue weighted by molar-refractivity contribution is 5.95. The van der Waals surface area contributed by atoms with Gasteiger partial charge in [-0.25, -0.2) is 0 Å². The minimum absolute atomic E-state index is 0. The zero-order chi connectivity index (χ0) is 19.4. The Hall–Kier alpha value is -2.37. The number of nitrogens with two attached hydrogens (primary N) is 1. The van der Waals surface area contributed by atoms with Crippen LogP contribution in [0.4, 0.5) is 5.69 Å². The number of carbonyl (C=O) groups is 2. The zero-order valence-corrected chi connectivity index (χ0v) is 17.1. The monoisotopic (exact) mass is 401 g/mol. The van der Waals surface area contributed by atoms with Gasteiger partial charge in [-0.3, -0.25) is 9.59 Å². The largest absolute Gasteiger partial charge is 0.349 e. The molecule has 0 aromatic heterocycles. The summed E-state index contributed by atoms with van der Waals surface area (Å²) in [5.41, 5.74) is 9.08. The molecule has 3 unspecified atom stereocenters. The maximum atomic E-state index is 12.7. The average Bonchev–Trinajstić information content (AvgIpc) is 3.13. The van der Waals surface area contributed by atoms with Gasteiger partial charge in [0.2, 0.25) is 11.8 Å². The fourth-order valence-corrected chi connectivity index (χ4v) is 3.44. The first kappa shape index (κ1) is 21.9. The number of nitrogens with one attached hydrogen (secondary N) is 1. The normalized spacial score (nSPS) is 16.8. The number of rotatable bonds is 6. The summed E-state index contributed by atoms with van der Waals surface area (Å²) in [6.45, 7) is 4.55. The van der Waals surface area contributed by atoms with Crippen molar-refractivity contribution in [1.29, 1.82) is 0 Å². The predicted molar refractivity (Wildman–Crippen MR) is 114 cm³/mol. The van der Waals surface area contributed by atoms with Crippen molar-refractivity contribution in [3.05, 3.63) is 65.7 Å². The lowest BCUT2D eigenvalue weighted by Gasteiger charge is -2.23. The third kappa shape index (κ3) is 4.91. The summed E-state index contributed by atoms with van der Waals surface area (Å²) in [5.74, 6) is -0.272. The molecule has 28 heavy (non-hydrogen) atoms. The van der Waals surface area contributed by atoms with Gasteiger partial charge in [-0.05, 0) is 36.6 Å². The second-order valence-corrected chi connectivity index (χ2v) is 7.20. The molecular formula is C22H28ClN3O2. The highest BCUT2D eigenvalue weighted by Crippen LogP contribution is 2.25. The van der Waals surface area contributed by atoms with Crippen molar-refractivity contribution in [2.75, 3.05) is 11.4 Å². The minimum Gasteiger partial charge on any atom is -0.349 e. The van der Waals surface area contributed by atoms with Crippen LogP contribution in [0.1, 0.15) is 49.9 Å². The first-order valence-corrected chi connectivity index (χ1v) is 9.48. The van der Waals surface area contributed by atoms with E-state index in [9.17, 15) is 9.59 Å². The topological polar surface area (TPSA) is 75.4 Å². The molecule has 1 aliphatic rings. The lowest BCUT2D eigenvalue weighted by molar-refractivity contribution is -0.125. The fourth-order valence-electron chi connectivity index (χ4n) is 3.44. The Kier molecular flexibility index (Phi) is 7.61. The quantitative estimate of drug-likeness (QED) is 0.774. The molecule has 0 bridgehead atoms. The molecule has 150 valence electrons. The van der Waals surface area contributed by atoms with Gasteiger partial charge in [0.1, 0.15) is 0 Å². The zero-order valence-electron chi connectivity index (χ0n) is 16.3. The average molecular weight is 402 g/mol. The van der Waals surface area contributed by atoms with E-state index >= 15 is 0 Å². The van der Waals surface area contributed by atoms with Crippen LogP contribution >= 0.6 is 12.4 Å². The van der Waals surface area contributed by atoms with E-state index in [1.54, 1.807) is 0 Å². The molecule has 0 radical (unpaired) electrons. The smallest absolute Gasteiger partial charge is 0.227 e. The SMILES string of the molecule is CC(NC(=O)C(C)C(N)c1ccccc1)c1cccc(N2CCCC2=O)c1.Cl. The molecule has 2 aromatic rings. The fraction of sp³-hybridized carbons (Fsp3) is 0.364. The highest BCUT2D eigenvalue weighted by atomic mass is 35.5. The van der Waals surface area contributed by atoms with Crippen LogP contribution in [-0.2, 0) is 9.59 Å². The van der Waals surface area contributed by atoms with Gasteiger partial charge in [-0.15, -0.1) is 12.4 Å². The summed E-state index contributed by atoms with van der Waals surface area (Å²) in [4.78, 5) is 26.5. The molecule has 0 spiro atoms. The summed E-state index contributed by atoms with van der Waals surface area (Å²) >= 11 is 0. The molecule has 1 aliphatic heterocycles. The molecule has 3 N–H and O–H groups in total. The third-order valence-corrected chi connectivity index (χ3v) is 5.25. The standard InChI is InChI=1S/C22H27N3O2.ClH/c1-15(21(23)17-8-4-3-5-9-17)22(27)24-16(2)18-10-6-11-19(14-18)25-13-7-12-20(25)26;/h3-6,8-11,14-16,21H,7,12-13,23H2,1-2H3,(H,24,27);1H. The number of amides is 2. The van der Waals surface area contributed by atoms with E-state index in [-0.39, 0.29) is 42.2 Å². The number of nitrogens with zero attached hydrogens (tertiary/aromatic N) is 1. The Morgan fingerprint density at radius 2 is 1.75 bits per heavy atom. The summed E-state index contributed by atoms with van der Waals surface area (Å²) in [6, 6.07) is 17.0. The van der Waals surface area contributed by atoms with Crippen LogP contribution in [-0.4, -0.2) is 18.4 Å². The first-order chi connectivity index (χ1) is 13.0. The molecule has 1 heterocycles. The molecule has 1 saturated heterocycles. The maximum Gasteiger partial charge on any atom is 0.227 e. The molecule has 3 atom stereocenters. The van der Waals surface area contributed by atoms with Crippen LogP contribution in [0, 0.1) is 5.92 Å². The van der Waals surface area contributed by atoms with Crippen LogP contribution in [0.5, 0.6) is 0 Å². The van der Waals surface area contributed by atoms with E-state index in [0.717, 1.165) is 29.8 Å². The van der Waals surface area contributed by atoms with Gasteiger partial charge in [0.15, 0.2) is 0 Å². The minimum atomic E-state index is -0.355. The lowest BCUT2D eigenvalue weighted by atomic mass is 9.94. The third-order valence-electron chi connectivity index (χ3n) is 5.25. The van der Waals surface area contributed by atoms with Crippen LogP contribution in [0.3, 0.4) is 0 Å². The van der Waals surface area contributed by atoms with E-state index in [1.165, 1.54) is 0 Å². The van der Waals surface area contributed by atoms with Gasteiger partial charge in [0, 0.05) is 24.7 Å². The van der Waals surface area contributed by atoms with Crippen molar-refractivity contribution in [1.82, 2.24) is 5.32 Å². The Balaban J connectivity index is 0.00000280. The van der Waals surface area contributed by atoms with E-state index in [2.05, 4.69) is 5.32 Å². The number of halogens is 1. The number of anilines is 1. The number of hydrogen-bond acceptors (Lipinski definition) is 3. The molecule has 0 aliphatic carbocycles. The molecule has 2 aromatic carbocycles. The van der Waals surface area contributed by atoms with Gasteiger partial charge in [0.05, 0.1) is 12.0 Å². The van der Waals surface area contributed by atoms with E-state index in [4.69, 9.17) is 5.73 Å². The summed E-state index contributed by atoms with van der Waals surface area (Å²) in [7, 11) is 0. The predicted octanol–water partition coefficient (Wildman–Crippen LogP) is 3.75. The summed E-state index contributed by atoms with van der Waals surface area (Å²) in [6.07, 6.45) is 1.50. The highest BCUT2D eigenvalue weighted by Gasteiger charge is 2.25. The Morgan fingerprint density at radius 1 is 1.07 bits per heavy atom. The molecule has 3 rings (SSSR count). The van der Waals surface area contributed by atoms with Crippen molar-refractivity contribution in [3.8, 4) is 0 Å². The number of carbonyl (C=O) groups excluding carboxylic acids is 2. The Bertz CT molecular complexity index is 812. The molecule has 5 nitrogen and oxygen atoms in total. The van der Waals surface area contributed by atoms with Crippen LogP contribution in [0.2, 0.25) is 0 Å². The van der Waals surface area contributed by atoms with Gasteiger partial charge in [-0.1, -0.05) is 49.4 Å². The van der Waals surface area contributed by atoms with E-state index in [0.29, 0.717) is 6.42 Å². The van der Waals surface area contributed by atoms with Crippen molar-refractivity contribution >= 4 is 29.9 Å². The van der Waals surface area contributed by atoms with Gasteiger partial charge < -0.3 is 16.0 Å². The molecule has 0 saturated carbocycles. The van der Waals surface area contributed by atoms with Crippen molar-refractivity contribution < 1.29 is 9.59 Å². The molecule has 2 amide bonds.